The molecule has 0 atom stereocenters. The second-order valence-electron chi connectivity index (χ2n) is 5.75. The molecule has 2 nitrogen and oxygen atoms in total. The van der Waals surface area contributed by atoms with Gasteiger partial charge in [0.1, 0.15) is 6.61 Å². The Morgan fingerprint density at radius 3 is 2.30 bits per heavy atom. The molecule has 0 radical (unpaired) electrons. The Labute approximate surface area is 134 Å². The van der Waals surface area contributed by atoms with Crippen LogP contribution < -0.4 is 0 Å². The molecular formula is C21H16O2. The van der Waals surface area contributed by atoms with Crippen LogP contribution in [0.4, 0.5) is 0 Å². The number of benzene rings is 4. The highest BCUT2D eigenvalue weighted by atomic mass is 16.5. The van der Waals surface area contributed by atoms with Gasteiger partial charge in [-0.1, -0.05) is 60.7 Å². The first-order valence-corrected chi connectivity index (χ1v) is 7.69. The summed E-state index contributed by atoms with van der Waals surface area (Å²) < 4.78 is 5.29. The Morgan fingerprint density at radius 2 is 1.52 bits per heavy atom. The number of fused-ring (bicyclic) bond motifs is 5. The molecule has 0 amide bonds. The summed E-state index contributed by atoms with van der Waals surface area (Å²) in [5.41, 5.74) is 1.05. The molecule has 2 heteroatoms. The number of carbonyl (C=O) groups excluding carboxylic acids is 1. The third kappa shape index (κ3) is 2.33. The van der Waals surface area contributed by atoms with Gasteiger partial charge < -0.3 is 4.74 Å². The maximum absolute atomic E-state index is 11.3. The molecule has 0 unspecified atom stereocenters. The molecule has 4 aromatic carbocycles. The number of ether oxygens (including phenoxy) is 1. The molecule has 4 rings (SSSR count). The smallest absolute Gasteiger partial charge is 0.302 e. The van der Waals surface area contributed by atoms with Gasteiger partial charge in [-0.05, 0) is 43.9 Å². The molecule has 0 bridgehead atoms. The Balaban J connectivity index is 2.13. The fourth-order valence-corrected chi connectivity index (χ4v) is 3.26. The summed E-state index contributed by atoms with van der Waals surface area (Å²) in [7, 11) is 0. The van der Waals surface area contributed by atoms with Crippen LogP contribution in [0, 0.1) is 0 Å². The molecule has 23 heavy (non-hydrogen) atoms. The van der Waals surface area contributed by atoms with Gasteiger partial charge in [-0.2, -0.15) is 0 Å². The quantitative estimate of drug-likeness (QED) is 0.375. The highest BCUT2D eigenvalue weighted by Gasteiger charge is 2.10. The van der Waals surface area contributed by atoms with E-state index in [2.05, 4.69) is 48.5 Å². The van der Waals surface area contributed by atoms with Crippen LogP contribution in [0.25, 0.3) is 32.3 Å². The zero-order chi connectivity index (χ0) is 15.8. The van der Waals surface area contributed by atoms with Crippen LogP contribution in [0.1, 0.15) is 12.5 Å². The van der Waals surface area contributed by atoms with Crippen molar-refractivity contribution in [2.45, 2.75) is 13.5 Å². The minimum Gasteiger partial charge on any atom is -0.461 e. The Bertz CT molecular complexity index is 1050. The van der Waals surface area contributed by atoms with Crippen LogP contribution in [0.2, 0.25) is 0 Å². The van der Waals surface area contributed by atoms with Crippen molar-refractivity contribution in [2.24, 2.45) is 0 Å². The van der Waals surface area contributed by atoms with E-state index < -0.39 is 0 Å². The Morgan fingerprint density at radius 1 is 0.826 bits per heavy atom. The molecule has 0 N–H and O–H groups in total. The predicted molar refractivity (Wildman–Crippen MR) is 94.4 cm³/mol. The van der Waals surface area contributed by atoms with E-state index in [1.165, 1.54) is 33.9 Å². The lowest BCUT2D eigenvalue weighted by Crippen LogP contribution is -2.00. The van der Waals surface area contributed by atoms with Crippen molar-refractivity contribution < 1.29 is 9.53 Å². The maximum atomic E-state index is 11.3. The molecule has 0 spiro atoms. The van der Waals surface area contributed by atoms with Crippen LogP contribution in [0.15, 0.2) is 66.7 Å². The van der Waals surface area contributed by atoms with Gasteiger partial charge >= 0.3 is 5.97 Å². The van der Waals surface area contributed by atoms with Crippen LogP contribution in [-0.4, -0.2) is 5.97 Å². The number of rotatable bonds is 2. The van der Waals surface area contributed by atoms with Crippen molar-refractivity contribution >= 4 is 38.3 Å². The van der Waals surface area contributed by atoms with Crippen LogP contribution in [-0.2, 0) is 16.1 Å². The Kier molecular flexibility index (Phi) is 3.23. The maximum Gasteiger partial charge on any atom is 0.302 e. The lowest BCUT2D eigenvalue weighted by molar-refractivity contribution is -0.142. The average molecular weight is 300 g/mol. The molecule has 0 aromatic heterocycles. The SMILES string of the molecule is CC(=O)OCc1cc2ccccc2c2ccc3ccccc3c12. The van der Waals surface area contributed by atoms with E-state index in [1.54, 1.807) is 0 Å². The van der Waals surface area contributed by atoms with Gasteiger partial charge in [-0.3, -0.25) is 4.79 Å². The standard InChI is InChI=1S/C21H16O2/c1-14(22)23-13-17-12-16-7-3-4-8-18(16)20-11-10-15-6-2-5-9-19(15)21(17)20/h2-12H,13H2,1H3. The third-order valence-electron chi connectivity index (χ3n) is 4.26. The molecule has 0 aliphatic heterocycles. The molecule has 0 aliphatic rings. The van der Waals surface area contributed by atoms with E-state index in [0.29, 0.717) is 6.61 Å². The van der Waals surface area contributed by atoms with Gasteiger partial charge in [-0.15, -0.1) is 0 Å². The fraction of sp³-hybridized carbons (Fsp3) is 0.0952. The van der Waals surface area contributed by atoms with Gasteiger partial charge in [-0.25, -0.2) is 0 Å². The summed E-state index contributed by atoms with van der Waals surface area (Å²) in [4.78, 5) is 11.3. The lowest BCUT2D eigenvalue weighted by atomic mass is 9.93. The van der Waals surface area contributed by atoms with Crippen molar-refractivity contribution in [2.75, 3.05) is 0 Å². The summed E-state index contributed by atoms with van der Waals surface area (Å²) >= 11 is 0. The minimum atomic E-state index is -0.258. The van der Waals surface area contributed by atoms with Gasteiger partial charge in [0, 0.05) is 6.92 Å². The second-order valence-corrected chi connectivity index (χ2v) is 5.75. The monoisotopic (exact) mass is 300 g/mol. The molecule has 112 valence electrons. The molecular weight excluding hydrogens is 284 g/mol. The molecule has 0 saturated carbocycles. The molecule has 0 saturated heterocycles. The summed E-state index contributed by atoms with van der Waals surface area (Å²) in [6, 6.07) is 23.1. The van der Waals surface area contributed by atoms with E-state index in [1.807, 2.05) is 18.2 Å². The van der Waals surface area contributed by atoms with Crippen molar-refractivity contribution in [1.82, 2.24) is 0 Å². The summed E-state index contributed by atoms with van der Waals surface area (Å²) in [6.07, 6.45) is 0. The van der Waals surface area contributed by atoms with E-state index in [-0.39, 0.29) is 5.97 Å². The number of esters is 1. The van der Waals surface area contributed by atoms with Crippen LogP contribution >= 0.6 is 0 Å². The van der Waals surface area contributed by atoms with E-state index in [0.717, 1.165) is 10.9 Å². The number of hydrogen-bond acceptors (Lipinski definition) is 2. The van der Waals surface area contributed by atoms with E-state index in [4.69, 9.17) is 4.74 Å². The third-order valence-corrected chi connectivity index (χ3v) is 4.26. The highest BCUT2D eigenvalue weighted by Crippen LogP contribution is 2.34. The average Bonchev–Trinajstić information content (AvgIpc) is 2.59. The second kappa shape index (κ2) is 5.40. The van der Waals surface area contributed by atoms with Gasteiger partial charge in [0.05, 0.1) is 0 Å². The Hall–Kier alpha value is -2.87. The van der Waals surface area contributed by atoms with Gasteiger partial charge in [0.25, 0.3) is 0 Å². The molecule has 4 aromatic rings. The largest absolute Gasteiger partial charge is 0.461 e. The first kappa shape index (κ1) is 13.8. The van der Waals surface area contributed by atoms with E-state index in [9.17, 15) is 4.79 Å². The summed E-state index contributed by atoms with van der Waals surface area (Å²) in [5.74, 6) is -0.258. The van der Waals surface area contributed by atoms with Crippen molar-refractivity contribution in [3.05, 3.63) is 72.3 Å². The highest BCUT2D eigenvalue weighted by molar-refractivity contribution is 6.18. The molecule has 0 fully saturated rings. The van der Waals surface area contributed by atoms with E-state index >= 15 is 0 Å². The number of hydrogen-bond donors (Lipinski definition) is 0. The van der Waals surface area contributed by atoms with Crippen molar-refractivity contribution in [1.29, 1.82) is 0 Å². The van der Waals surface area contributed by atoms with Crippen molar-refractivity contribution in [3.8, 4) is 0 Å². The van der Waals surface area contributed by atoms with Crippen molar-refractivity contribution in [3.63, 3.8) is 0 Å². The normalized spacial score (nSPS) is 11.2. The van der Waals surface area contributed by atoms with Crippen LogP contribution in [0.3, 0.4) is 0 Å². The molecule has 0 aliphatic carbocycles. The predicted octanol–water partition coefficient (Wildman–Crippen LogP) is 5.21. The minimum absolute atomic E-state index is 0.258. The number of carbonyl (C=O) groups is 1. The zero-order valence-electron chi connectivity index (χ0n) is 12.9. The van der Waals surface area contributed by atoms with Crippen LogP contribution in [0.5, 0.6) is 0 Å². The topological polar surface area (TPSA) is 26.3 Å². The zero-order valence-corrected chi connectivity index (χ0v) is 12.9. The van der Waals surface area contributed by atoms with Gasteiger partial charge in [0.15, 0.2) is 0 Å². The first-order valence-electron chi connectivity index (χ1n) is 7.69. The summed E-state index contributed by atoms with van der Waals surface area (Å²) in [6.45, 7) is 1.74. The summed E-state index contributed by atoms with van der Waals surface area (Å²) in [5, 5.41) is 7.14. The van der Waals surface area contributed by atoms with Gasteiger partial charge in [0.2, 0.25) is 0 Å². The molecule has 0 heterocycles. The lowest BCUT2D eigenvalue weighted by Gasteiger charge is -2.13. The first-order chi connectivity index (χ1) is 11.2. The fourth-order valence-electron chi connectivity index (χ4n) is 3.26.